The number of morpholine rings is 1. The second-order valence-corrected chi connectivity index (χ2v) is 8.25. The number of anilines is 1. The summed E-state index contributed by atoms with van der Waals surface area (Å²) < 4.78 is 11.8. The lowest BCUT2D eigenvalue weighted by molar-refractivity contribution is -0.119. The first-order valence-corrected chi connectivity index (χ1v) is 11.4. The topological polar surface area (TPSA) is 66.4 Å². The van der Waals surface area contributed by atoms with E-state index in [1.807, 2.05) is 17.0 Å². The maximum Gasteiger partial charge on any atom is 0.226 e. The molecule has 0 saturated carbocycles. The molecule has 1 amide bonds. The van der Waals surface area contributed by atoms with Crippen molar-refractivity contribution in [2.45, 2.75) is 57.8 Å². The summed E-state index contributed by atoms with van der Waals surface area (Å²) in [5.74, 6) is 1.16. The van der Waals surface area contributed by atoms with E-state index in [4.69, 9.17) is 14.5 Å². The van der Waals surface area contributed by atoms with Gasteiger partial charge >= 0.3 is 0 Å². The minimum Gasteiger partial charge on any atom is -0.375 e. The van der Waals surface area contributed by atoms with Gasteiger partial charge in [-0.3, -0.25) is 4.79 Å². The molecule has 3 fully saturated rings. The minimum absolute atomic E-state index is 0.117. The summed E-state index contributed by atoms with van der Waals surface area (Å²) in [7, 11) is 0. The number of amides is 1. The van der Waals surface area contributed by atoms with Gasteiger partial charge in [0.2, 0.25) is 5.91 Å². The Hall–Kier alpha value is -2.12. The Kier molecular flexibility index (Phi) is 7.23. The molecule has 7 nitrogen and oxygen atoms in total. The van der Waals surface area contributed by atoms with Crippen molar-refractivity contribution in [2.24, 2.45) is 4.99 Å². The fourth-order valence-electron chi connectivity index (χ4n) is 4.44. The van der Waals surface area contributed by atoms with Crippen LogP contribution in [-0.4, -0.2) is 68.4 Å². The molecule has 3 heterocycles. The van der Waals surface area contributed by atoms with Gasteiger partial charge in [0.1, 0.15) is 6.10 Å². The largest absolute Gasteiger partial charge is 0.375 e. The number of benzene rings is 1. The molecule has 1 aromatic rings. The fraction of sp³-hybridized carbons (Fsp3) is 0.652. The Morgan fingerprint density at radius 3 is 2.67 bits per heavy atom. The van der Waals surface area contributed by atoms with Crippen molar-refractivity contribution in [1.82, 2.24) is 10.2 Å². The van der Waals surface area contributed by atoms with Gasteiger partial charge in [-0.25, -0.2) is 4.99 Å². The molecule has 0 aromatic heterocycles. The summed E-state index contributed by atoms with van der Waals surface area (Å²) in [6.45, 7) is 7.56. The van der Waals surface area contributed by atoms with Crippen molar-refractivity contribution in [3.63, 3.8) is 0 Å². The highest BCUT2D eigenvalue weighted by molar-refractivity contribution is 5.93. The standard InChI is InChI=1S/C23H34N4O3/c1-2-24-23(26-13-15-30-21(17-26)20-6-5-14-29-20)25-16-18-8-10-19(11-9-18)27-12-4-3-7-22(27)28/h8-11,20-21H,2-7,12-17H2,1H3,(H,24,25). The van der Waals surface area contributed by atoms with Crippen LogP contribution in [0, 0.1) is 0 Å². The third kappa shape index (κ3) is 5.13. The van der Waals surface area contributed by atoms with E-state index >= 15 is 0 Å². The van der Waals surface area contributed by atoms with Crippen LogP contribution < -0.4 is 10.2 Å². The number of hydrogen-bond acceptors (Lipinski definition) is 4. The van der Waals surface area contributed by atoms with Crippen LogP contribution in [0.4, 0.5) is 5.69 Å². The zero-order valence-corrected chi connectivity index (χ0v) is 18.0. The van der Waals surface area contributed by atoms with Crippen LogP contribution in [0.2, 0.25) is 0 Å². The Balaban J connectivity index is 1.39. The van der Waals surface area contributed by atoms with E-state index in [2.05, 4.69) is 29.3 Å². The Morgan fingerprint density at radius 2 is 1.93 bits per heavy atom. The average Bonchev–Trinajstić information content (AvgIpc) is 3.33. The first-order chi connectivity index (χ1) is 14.7. The lowest BCUT2D eigenvalue weighted by atomic mass is 10.1. The van der Waals surface area contributed by atoms with E-state index in [1.54, 1.807) is 0 Å². The van der Waals surface area contributed by atoms with Gasteiger partial charge in [0.25, 0.3) is 0 Å². The van der Waals surface area contributed by atoms with Gasteiger partial charge in [0, 0.05) is 44.9 Å². The van der Waals surface area contributed by atoms with Gasteiger partial charge in [-0.05, 0) is 50.3 Å². The number of carbonyl (C=O) groups is 1. The summed E-state index contributed by atoms with van der Waals surface area (Å²) in [6, 6.07) is 8.25. The van der Waals surface area contributed by atoms with E-state index in [1.165, 1.54) is 0 Å². The van der Waals surface area contributed by atoms with Gasteiger partial charge in [0.05, 0.1) is 19.3 Å². The van der Waals surface area contributed by atoms with Crippen molar-refractivity contribution in [3.05, 3.63) is 29.8 Å². The highest BCUT2D eigenvalue weighted by atomic mass is 16.5. The quantitative estimate of drug-likeness (QED) is 0.593. The Bertz CT molecular complexity index is 730. The Labute approximate surface area is 179 Å². The second kappa shape index (κ2) is 10.3. The smallest absolute Gasteiger partial charge is 0.226 e. The molecular formula is C23H34N4O3. The summed E-state index contributed by atoms with van der Waals surface area (Å²) in [5.41, 5.74) is 2.13. The molecule has 2 atom stereocenters. The van der Waals surface area contributed by atoms with Gasteiger partial charge in [0.15, 0.2) is 5.96 Å². The first-order valence-electron chi connectivity index (χ1n) is 11.4. The number of nitrogens with zero attached hydrogens (tertiary/aromatic N) is 3. The number of guanidine groups is 1. The third-order valence-electron chi connectivity index (χ3n) is 6.09. The van der Waals surface area contributed by atoms with E-state index < -0.39 is 0 Å². The summed E-state index contributed by atoms with van der Waals surface area (Å²) >= 11 is 0. The highest BCUT2D eigenvalue weighted by Crippen LogP contribution is 2.23. The molecule has 164 valence electrons. The van der Waals surface area contributed by atoms with Crippen LogP contribution in [-0.2, 0) is 20.8 Å². The molecule has 0 aliphatic carbocycles. The van der Waals surface area contributed by atoms with E-state index in [0.717, 1.165) is 75.7 Å². The molecule has 2 unspecified atom stereocenters. The molecule has 1 N–H and O–H groups in total. The fourth-order valence-corrected chi connectivity index (χ4v) is 4.44. The minimum atomic E-state index is 0.117. The maximum absolute atomic E-state index is 12.1. The lowest BCUT2D eigenvalue weighted by Gasteiger charge is -2.37. The Morgan fingerprint density at radius 1 is 1.10 bits per heavy atom. The SMILES string of the molecule is CCNC(=NCc1ccc(N2CCCCC2=O)cc1)N1CCOC(C2CCCO2)C1. The van der Waals surface area contributed by atoms with Crippen molar-refractivity contribution in [2.75, 3.05) is 44.3 Å². The van der Waals surface area contributed by atoms with Crippen LogP contribution >= 0.6 is 0 Å². The molecule has 3 aliphatic heterocycles. The summed E-state index contributed by atoms with van der Waals surface area (Å²) in [6.07, 6.45) is 5.27. The van der Waals surface area contributed by atoms with Gasteiger partial charge in [-0.15, -0.1) is 0 Å². The molecule has 3 aliphatic rings. The molecule has 3 saturated heterocycles. The van der Waals surface area contributed by atoms with Crippen LogP contribution in [0.1, 0.15) is 44.6 Å². The van der Waals surface area contributed by atoms with Crippen LogP contribution in [0.5, 0.6) is 0 Å². The predicted octanol–water partition coefficient (Wildman–Crippen LogP) is 2.55. The second-order valence-electron chi connectivity index (χ2n) is 8.25. The molecule has 4 rings (SSSR count). The number of carbonyl (C=O) groups excluding carboxylic acids is 1. The predicted molar refractivity (Wildman–Crippen MR) is 118 cm³/mol. The zero-order valence-electron chi connectivity index (χ0n) is 18.0. The van der Waals surface area contributed by atoms with Crippen LogP contribution in [0.15, 0.2) is 29.3 Å². The first kappa shape index (κ1) is 21.1. The van der Waals surface area contributed by atoms with Crippen LogP contribution in [0.3, 0.4) is 0 Å². The van der Waals surface area contributed by atoms with Crippen molar-refractivity contribution in [3.8, 4) is 0 Å². The van der Waals surface area contributed by atoms with E-state index in [-0.39, 0.29) is 18.1 Å². The number of hydrogen-bond donors (Lipinski definition) is 1. The summed E-state index contributed by atoms with van der Waals surface area (Å²) in [5, 5.41) is 3.43. The molecular weight excluding hydrogens is 380 g/mol. The highest BCUT2D eigenvalue weighted by Gasteiger charge is 2.32. The van der Waals surface area contributed by atoms with Gasteiger partial charge in [-0.1, -0.05) is 12.1 Å². The number of rotatable bonds is 5. The number of nitrogens with one attached hydrogen (secondary N) is 1. The normalized spacial score (nSPS) is 25.6. The van der Waals surface area contributed by atoms with Crippen molar-refractivity contribution >= 4 is 17.6 Å². The number of piperidine rings is 1. The molecule has 1 aromatic carbocycles. The average molecular weight is 415 g/mol. The van der Waals surface area contributed by atoms with Crippen LogP contribution in [0.25, 0.3) is 0 Å². The van der Waals surface area contributed by atoms with E-state index in [0.29, 0.717) is 19.6 Å². The molecule has 0 spiro atoms. The molecule has 30 heavy (non-hydrogen) atoms. The van der Waals surface area contributed by atoms with E-state index in [9.17, 15) is 4.79 Å². The molecule has 0 bridgehead atoms. The van der Waals surface area contributed by atoms with Crippen molar-refractivity contribution < 1.29 is 14.3 Å². The molecule has 7 heteroatoms. The summed E-state index contributed by atoms with van der Waals surface area (Å²) in [4.78, 5) is 21.2. The van der Waals surface area contributed by atoms with Gasteiger partial charge in [-0.2, -0.15) is 0 Å². The number of ether oxygens (including phenoxy) is 2. The third-order valence-corrected chi connectivity index (χ3v) is 6.09. The number of aliphatic imine (C=N–C) groups is 1. The monoisotopic (exact) mass is 414 g/mol. The zero-order chi connectivity index (χ0) is 20.8. The van der Waals surface area contributed by atoms with Gasteiger partial charge < -0.3 is 24.6 Å². The van der Waals surface area contributed by atoms with Crippen molar-refractivity contribution in [1.29, 1.82) is 0 Å². The molecule has 0 radical (unpaired) electrons. The lowest BCUT2D eigenvalue weighted by Crippen LogP contribution is -2.53. The maximum atomic E-state index is 12.1.